The van der Waals surface area contributed by atoms with Gasteiger partial charge in [0, 0.05) is 0 Å². The second kappa shape index (κ2) is 9.00. The summed E-state index contributed by atoms with van der Waals surface area (Å²) < 4.78 is 33.2. The molecule has 0 aromatic heterocycles. The number of aryl methyl sites for hydroxylation is 1. The van der Waals surface area contributed by atoms with E-state index in [9.17, 15) is 18.3 Å². The fraction of sp³-hybridized carbons (Fsp3) is 0.136. The molecule has 3 aromatic carbocycles. The van der Waals surface area contributed by atoms with E-state index in [0.717, 1.165) is 5.56 Å². The molecule has 0 spiro atoms. The Morgan fingerprint density at radius 1 is 0.897 bits per heavy atom. The van der Waals surface area contributed by atoms with Crippen molar-refractivity contribution in [3.63, 3.8) is 0 Å². The minimum absolute atomic E-state index is 0.0131. The van der Waals surface area contributed by atoms with Crippen LogP contribution in [-0.4, -0.2) is 25.5 Å². The lowest BCUT2D eigenvalue weighted by Crippen LogP contribution is -2.46. The lowest BCUT2D eigenvalue weighted by molar-refractivity contribution is -0.139. The predicted molar refractivity (Wildman–Crippen MR) is 109 cm³/mol. The van der Waals surface area contributed by atoms with Gasteiger partial charge in [-0.15, -0.1) is 0 Å². The van der Waals surface area contributed by atoms with Crippen LogP contribution in [0.5, 0.6) is 5.75 Å². The van der Waals surface area contributed by atoms with E-state index in [4.69, 9.17) is 4.74 Å². The summed E-state index contributed by atoms with van der Waals surface area (Å²) in [6.07, 6.45) is -1.44. The highest BCUT2D eigenvalue weighted by Crippen LogP contribution is 2.21. The van der Waals surface area contributed by atoms with Crippen LogP contribution in [0, 0.1) is 6.92 Å². The van der Waals surface area contributed by atoms with Gasteiger partial charge in [-0.3, -0.25) is 0 Å². The number of ether oxygens (including phenoxy) is 1. The van der Waals surface area contributed by atoms with Gasteiger partial charge in [0.2, 0.25) is 10.0 Å². The lowest BCUT2D eigenvalue weighted by Gasteiger charge is -2.23. The zero-order valence-corrected chi connectivity index (χ0v) is 16.5. The zero-order chi connectivity index (χ0) is 20.9. The van der Waals surface area contributed by atoms with E-state index in [1.54, 1.807) is 72.8 Å². The molecule has 2 atom stereocenters. The van der Waals surface area contributed by atoms with Crippen LogP contribution in [0.3, 0.4) is 0 Å². The van der Waals surface area contributed by atoms with Crippen molar-refractivity contribution in [1.29, 1.82) is 0 Å². The van der Waals surface area contributed by atoms with Gasteiger partial charge in [-0.25, -0.2) is 13.2 Å². The number of rotatable bonds is 7. The van der Waals surface area contributed by atoms with Crippen LogP contribution < -0.4 is 9.46 Å². The maximum Gasteiger partial charge on any atom is 0.332 e. The second-order valence-electron chi connectivity index (χ2n) is 6.50. The minimum atomic E-state index is -4.08. The number of carbonyl (C=O) groups is 1. The van der Waals surface area contributed by atoms with E-state index in [0.29, 0.717) is 5.56 Å². The maximum absolute atomic E-state index is 12.8. The summed E-state index contributed by atoms with van der Waals surface area (Å²) in [5.41, 5.74) is 1.28. The van der Waals surface area contributed by atoms with Crippen molar-refractivity contribution in [3.8, 4) is 5.75 Å². The average molecular weight is 411 g/mol. The highest BCUT2D eigenvalue weighted by Gasteiger charge is 2.34. The largest absolute Gasteiger partial charge is 0.425 e. The number of para-hydroxylation sites is 1. The topological polar surface area (TPSA) is 92.7 Å². The van der Waals surface area contributed by atoms with E-state index < -0.39 is 28.1 Å². The second-order valence-corrected chi connectivity index (χ2v) is 8.22. The SMILES string of the molecule is Cc1ccc(S(=O)(=O)N[C@H](C(=O)Oc2ccccc2)[C@H](O)c2ccccc2)cc1. The van der Waals surface area contributed by atoms with E-state index in [2.05, 4.69) is 4.72 Å². The number of aliphatic hydroxyl groups excluding tert-OH is 1. The number of benzene rings is 3. The van der Waals surface area contributed by atoms with Crippen molar-refractivity contribution >= 4 is 16.0 Å². The van der Waals surface area contributed by atoms with Crippen LogP contribution in [0.2, 0.25) is 0 Å². The number of hydrogen-bond donors (Lipinski definition) is 2. The molecule has 0 unspecified atom stereocenters. The van der Waals surface area contributed by atoms with Crippen LogP contribution in [0.15, 0.2) is 89.8 Å². The zero-order valence-electron chi connectivity index (χ0n) is 15.7. The van der Waals surface area contributed by atoms with Gasteiger partial charge < -0.3 is 9.84 Å². The number of sulfonamides is 1. The van der Waals surface area contributed by atoms with Gasteiger partial charge >= 0.3 is 5.97 Å². The van der Waals surface area contributed by atoms with Crippen molar-refractivity contribution in [1.82, 2.24) is 4.72 Å². The standard InChI is InChI=1S/C22H21NO5S/c1-16-12-14-19(15-13-16)29(26,27)23-20(21(24)17-8-4-2-5-9-17)22(25)28-18-10-6-3-7-11-18/h2-15,20-21,23-24H,1H3/t20-,21+/m0/s1. The summed E-state index contributed by atoms with van der Waals surface area (Å²) in [6.45, 7) is 1.84. The molecule has 0 aliphatic rings. The first-order chi connectivity index (χ1) is 13.9. The van der Waals surface area contributed by atoms with E-state index in [1.807, 2.05) is 6.92 Å². The number of aliphatic hydroxyl groups is 1. The quantitative estimate of drug-likeness (QED) is 0.461. The van der Waals surface area contributed by atoms with Gasteiger partial charge in [-0.05, 0) is 36.8 Å². The Kier molecular flexibility index (Phi) is 6.43. The number of nitrogens with one attached hydrogen (secondary N) is 1. The number of hydrogen-bond acceptors (Lipinski definition) is 5. The molecule has 0 heterocycles. The average Bonchev–Trinajstić information content (AvgIpc) is 2.73. The smallest absolute Gasteiger partial charge is 0.332 e. The molecular formula is C22H21NO5S. The predicted octanol–water partition coefficient (Wildman–Crippen LogP) is 2.98. The van der Waals surface area contributed by atoms with Crippen molar-refractivity contribution < 1.29 is 23.1 Å². The Hall–Kier alpha value is -3.00. The lowest BCUT2D eigenvalue weighted by atomic mass is 10.0. The molecule has 0 saturated heterocycles. The maximum atomic E-state index is 12.8. The van der Waals surface area contributed by atoms with Crippen molar-refractivity contribution in [2.45, 2.75) is 24.0 Å². The summed E-state index contributed by atoms with van der Waals surface area (Å²) in [5, 5.41) is 10.8. The first kappa shape index (κ1) is 20.7. The third kappa shape index (κ3) is 5.29. The normalized spacial score (nSPS) is 13.4. The monoisotopic (exact) mass is 411 g/mol. The molecule has 0 amide bonds. The van der Waals surface area contributed by atoms with Crippen LogP contribution in [0.25, 0.3) is 0 Å². The summed E-state index contributed by atoms with van der Waals surface area (Å²) >= 11 is 0. The first-order valence-corrected chi connectivity index (χ1v) is 10.4. The van der Waals surface area contributed by atoms with E-state index in [1.165, 1.54) is 12.1 Å². The molecule has 0 saturated carbocycles. The fourth-order valence-electron chi connectivity index (χ4n) is 2.70. The molecule has 0 aliphatic heterocycles. The molecule has 0 fully saturated rings. The first-order valence-electron chi connectivity index (χ1n) is 8.95. The van der Waals surface area contributed by atoms with E-state index >= 15 is 0 Å². The fourth-order valence-corrected chi connectivity index (χ4v) is 3.89. The Bertz CT molecular complexity index is 1050. The molecule has 0 radical (unpaired) electrons. The van der Waals surface area contributed by atoms with Gasteiger partial charge in [-0.2, -0.15) is 4.72 Å². The van der Waals surface area contributed by atoms with Gasteiger partial charge in [0.1, 0.15) is 17.9 Å². The van der Waals surface area contributed by atoms with Gasteiger partial charge in [0.05, 0.1) is 4.90 Å². The van der Waals surface area contributed by atoms with Crippen LogP contribution >= 0.6 is 0 Å². The van der Waals surface area contributed by atoms with Gasteiger partial charge in [-0.1, -0.05) is 66.2 Å². The Labute approximate surface area is 169 Å². The highest BCUT2D eigenvalue weighted by atomic mass is 32.2. The van der Waals surface area contributed by atoms with Crippen molar-refractivity contribution in [2.75, 3.05) is 0 Å². The van der Waals surface area contributed by atoms with E-state index in [-0.39, 0.29) is 10.6 Å². The minimum Gasteiger partial charge on any atom is -0.425 e. The third-order valence-electron chi connectivity index (χ3n) is 4.29. The molecule has 2 N–H and O–H groups in total. The molecule has 7 heteroatoms. The third-order valence-corrected chi connectivity index (χ3v) is 5.74. The number of esters is 1. The van der Waals surface area contributed by atoms with Gasteiger partial charge in [0.15, 0.2) is 0 Å². The summed E-state index contributed by atoms with van der Waals surface area (Å²) in [4.78, 5) is 12.8. The molecule has 3 aromatic rings. The van der Waals surface area contributed by atoms with Crippen LogP contribution in [-0.2, 0) is 14.8 Å². The summed E-state index contributed by atoms with van der Waals surface area (Å²) in [5.74, 6) is -0.666. The Morgan fingerprint density at radius 3 is 2.03 bits per heavy atom. The molecule has 6 nitrogen and oxygen atoms in total. The molecule has 150 valence electrons. The van der Waals surface area contributed by atoms with Crippen molar-refractivity contribution in [3.05, 3.63) is 96.1 Å². The number of carbonyl (C=O) groups excluding carboxylic acids is 1. The van der Waals surface area contributed by atoms with Crippen molar-refractivity contribution in [2.24, 2.45) is 0 Å². The molecule has 0 bridgehead atoms. The van der Waals surface area contributed by atoms with Crippen LogP contribution in [0.4, 0.5) is 0 Å². The highest BCUT2D eigenvalue weighted by molar-refractivity contribution is 7.89. The molecule has 29 heavy (non-hydrogen) atoms. The van der Waals surface area contributed by atoms with Gasteiger partial charge in [0.25, 0.3) is 0 Å². The Balaban J connectivity index is 1.91. The Morgan fingerprint density at radius 2 is 1.45 bits per heavy atom. The summed E-state index contributed by atoms with van der Waals surface area (Å²) in [6, 6.07) is 21.2. The molecule has 0 aliphatic carbocycles. The molecular weight excluding hydrogens is 390 g/mol. The van der Waals surface area contributed by atoms with Crippen LogP contribution in [0.1, 0.15) is 17.2 Å². The molecule has 3 rings (SSSR count). The summed E-state index contributed by atoms with van der Waals surface area (Å²) in [7, 11) is -4.08.